The first kappa shape index (κ1) is 27.8. The fraction of sp³-hybridized carbons (Fsp3) is 0.407. The van der Waals surface area contributed by atoms with Crippen LogP contribution in [0.2, 0.25) is 0 Å². The number of alkyl halides is 2. The normalized spacial score (nSPS) is 15.5. The molecule has 4 rings (SSSR count). The molecule has 1 aromatic carbocycles. The van der Waals surface area contributed by atoms with Crippen molar-refractivity contribution in [2.75, 3.05) is 35.8 Å². The van der Waals surface area contributed by atoms with Crippen molar-refractivity contribution in [1.29, 1.82) is 0 Å². The van der Waals surface area contributed by atoms with Gasteiger partial charge in [0.2, 0.25) is 0 Å². The van der Waals surface area contributed by atoms with E-state index in [-0.39, 0.29) is 33.2 Å². The lowest BCUT2D eigenvalue weighted by Gasteiger charge is -2.42. The Bertz CT molecular complexity index is 1430. The SMILES string of the molecule is Cc1c(F)cccc1-c1nc(NS(=O)(=O)c2cccc(N3CCN(C(C)(C)C)CC3)n2)ccc1C(C)(F)F. The average Bonchev–Trinajstić information content (AvgIpc) is 2.84. The maximum atomic E-state index is 14.4. The summed E-state index contributed by atoms with van der Waals surface area (Å²) in [5, 5.41) is -0.219. The van der Waals surface area contributed by atoms with Gasteiger partial charge in [0.05, 0.1) is 5.69 Å². The summed E-state index contributed by atoms with van der Waals surface area (Å²) in [5.41, 5.74) is -0.317. The Morgan fingerprint density at radius 3 is 2.18 bits per heavy atom. The molecule has 0 saturated carbocycles. The smallest absolute Gasteiger partial charge is 0.280 e. The van der Waals surface area contributed by atoms with Crippen molar-refractivity contribution in [3.63, 3.8) is 0 Å². The zero-order chi connectivity index (χ0) is 27.9. The van der Waals surface area contributed by atoms with Crippen LogP contribution in [0, 0.1) is 12.7 Å². The van der Waals surface area contributed by atoms with Crippen LogP contribution in [0.15, 0.2) is 53.6 Å². The summed E-state index contributed by atoms with van der Waals surface area (Å²) >= 11 is 0. The Morgan fingerprint density at radius 1 is 0.895 bits per heavy atom. The van der Waals surface area contributed by atoms with E-state index in [1.54, 1.807) is 12.1 Å². The van der Waals surface area contributed by atoms with Gasteiger partial charge >= 0.3 is 0 Å². The molecule has 0 spiro atoms. The van der Waals surface area contributed by atoms with Crippen LogP contribution < -0.4 is 9.62 Å². The van der Waals surface area contributed by atoms with Crippen LogP contribution in [0.25, 0.3) is 11.3 Å². The van der Waals surface area contributed by atoms with Crippen molar-refractivity contribution in [3.8, 4) is 11.3 Å². The van der Waals surface area contributed by atoms with E-state index in [1.807, 2.05) is 4.90 Å². The van der Waals surface area contributed by atoms with Gasteiger partial charge in [0.15, 0.2) is 5.03 Å². The number of aromatic nitrogens is 2. The fourth-order valence-electron chi connectivity index (χ4n) is 4.47. The summed E-state index contributed by atoms with van der Waals surface area (Å²) in [6.45, 7) is 11.7. The van der Waals surface area contributed by atoms with Crippen LogP contribution in [0.4, 0.5) is 24.8 Å². The topological polar surface area (TPSA) is 78.4 Å². The number of hydrogen-bond acceptors (Lipinski definition) is 6. The van der Waals surface area contributed by atoms with Crippen LogP contribution in [0.1, 0.15) is 38.8 Å². The third-order valence-corrected chi connectivity index (χ3v) is 7.92. The van der Waals surface area contributed by atoms with E-state index in [0.29, 0.717) is 25.8 Å². The minimum atomic E-state index is -4.20. The van der Waals surface area contributed by atoms with E-state index in [1.165, 1.54) is 31.2 Å². The molecule has 1 aliphatic rings. The van der Waals surface area contributed by atoms with E-state index in [4.69, 9.17) is 0 Å². The Kier molecular flexibility index (Phi) is 7.46. The standard InChI is InChI=1S/C27H32F3N5O2S/c1-18-19(8-6-9-21(18)28)25-20(27(5,29)30)12-13-22(31-25)33-38(36,37)24-11-7-10-23(32-24)34-14-16-35(17-15-34)26(2,3)4/h6-13H,14-17H2,1-5H3,(H,31,33). The molecule has 3 aromatic rings. The van der Waals surface area contributed by atoms with Gasteiger partial charge in [-0.25, -0.2) is 23.1 Å². The molecule has 38 heavy (non-hydrogen) atoms. The van der Waals surface area contributed by atoms with Crippen molar-refractivity contribution in [2.45, 2.75) is 51.1 Å². The first-order chi connectivity index (χ1) is 17.7. The molecule has 3 heterocycles. The third kappa shape index (κ3) is 5.94. The second-order valence-corrected chi connectivity index (χ2v) is 12.1. The second kappa shape index (κ2) is 10.2. The van der Waals surface area contributed by atoms with E-state index >= 15 is 0 Å². The molecular weight excluding hydrogens is 515 g/mol. The highest BCUT2D eigenvalue weighted by atomic mass is 32.2. The molecule has 7 nitrogen and oxygen atoms in total. The Hall–Kier alpha value is -3.18. The maximum absolute atomic E-state index is 14.4. The fourth-order valence-corrected chi connectivity index (χ4v) is 5.43. The highest BCUT2D eigenvalue weighted by Crippen LogP contribution is 2.37. The van der Waals surface area contributed by atoms with Gasteiger partial charge in [-0.05, 0) is 63.6 Å². The molecule has 1 fully saturated rings. The van der Waals surface area contributed by atoms with Gasteiger partial charge < -0.3 is 4.90 Å². The summed E-state index contributed by atoms with van der Waals surface area (Å²) in [5.74, 6) is -3.51. The minimum absolute atomic E-state index is 0.0435. The van der Waals surface area contributed by atoms with E-state index in [9.17, 15) is 21.6 Å². The number of pyridine rings is 2. The Morgan fingerprint density at radius 2 is 1.55 bits per heavy atom. The van der Waals surface area contributed by atoms with Gasteiger partial charge in [-0.3, -0.25) is 9.62 Å². The number of nitrogens with one attached hydrogen (secondary N) is 1. The lowest BCUT2D eigenvalue weighted by Crippen LogP contribution is -2.53. The van der Waals surface area contributed by atoms with Gasteiger partial charge in [-0.2, -0.15) is 8.42 Å². The van der Waals surface area contributed by atoms with E-state index in [0.717, 1.165) is 25.2 Å². The summed E-state index contributed by atoms with van der Waals surface area (Å²) in [6, 6.07) is 11.1. The van der Waals surface area contributed by atoms with Crippen molar-refractivity contribution < 1.29 is 21.6 Å². The lowest BCUT2D eigenvalue weighted by molar-refractivity contribution is 0.0178. The zero-order valence-electron chi connectivity index (χ0n) is 22.1. The molecule has 2 aromatic heterocycles. The van der Waals surface area contributed by atoms with Crippen molar-refractivity contribution >= 4 is 21.7 Å². The maximum Gasteiger partial charge on any atom is 0.280 e. The molecule has 0 aliphatic carbocycles. The quantitative estimate of drug-likeness (QED) is 0.444. The van der Waals surface area contributed by atoms with E-state index < -0.39 is 27.3 Å². The molecular formula is C27H32F3N5O2S. The number of anilines is 2. The lowest BCUT2D eigenvalue weighted by atomic mass is 9.98. The molecule has 11 heteroatoms. The largest absolute Gasteiger partial charge is 0.354 e. The first-order valence-electron chi connectivity index (χ1n) is 12.3. The second-order valence-electron chi connectivity index (χ2n) is 10.5. The highest BCUT2D eigenvalue weighted by Gasteiger charge is 2.31. The molecule has 0 bridgehead atoms. The highest BCUT2D eigenvalue weighted by molar-refractivity contribution is 7.92. The third-order valence-electron chi connectivity index (χ3n) is 6.67. The predicted molar refractivity (Wildman–Crippen MR) is 143 cm³/mol. The van der Waals surface area contributed by atoms with Crippen LogP contribution in [-0.4, -0.2) is 55.0 Å². The van der Waals surface area contributed by atoms with Crippen LogP contribution in [0.5, 0.6) is 0 Å². The molecule has 1 saturated heterocycles. The monoisotopic (exact) mass is 547 g/mol. The van der Waals surface area contributed by atoms with Crippen LogP contribution >= 0.6 is 0 Å². The van der Waals surface area contributed by atoms with E-state index in [2.05, 4.69) is 40.4 Å². The van der Waals surface area contributed by atoms with Gasteiger partial charge in [-0.1, -0.05) is 18.2 Å². The van der Waals surface area contributed by atoms with Crippen LogP contribution in [0.3, 0.4) is 0 Å². The molecule has 0 unspecified atom stereocenters. The van der Waals surface area contributed by atoms with Gasteiger partial charge in [0, 0.05) is 49.8 Å². The molecule has 0 amide bonds. The molecule has 1 aliphatic heterocycles. The average molecular weight is 548 g/mol. The summed E-state index contributed by atoms with van der Waals surface area (Å²) in [4.78, 5) is 12.9. The number of piperazine rings is 1. The number of nitrogens with zero attached hydrogens (tertiary/aromatic N) is 4. The number of halogens is 3. The first-order valence-corrected chi connectivity index (χ1v) is 13.8. The molecule has 1 N–H and O–H groups in total. The van der Waals surface area contributed by atoms with Gasteiger partial charge in [0.25, 0.3) is 15.9 Å². The Labute approximate surface area is 221 Å². The molecule has 0 atom stereocenters. The van der Waals surface area contributed by atoms with Crippen molar-refractivity contribution in [3.05, 3.63) is 65.5 Å². The number of sulfonamides is 1. The zero-order valence-corrected chi connectivity index (χ0v) is 22.9. The summed E-state index contributed by atoms with van der Waals surface area (Å²) < 4.78 is 71.8. The van der Waals surface area contributed by atoms with Crippen molar-refractivity contribution in [1.82, 2.24) is 14.9 Å². The molecule has 0 radical (unpaired) electrons. The number of rotatable bonds is 6. The summed E-state index contributed by atoms with van der Waals surface area (Å²) in [6.07, 6.45) is 0. The Balaban J connectivity index is 1.63. The number of hydrogen-bond donors (Lipinski definition) is 1. The number of benzene rings is 1. The minimum Gasteiger partial charge on any atom is -0.354 e. The van der Waals surface area contributed by atoms with Gasteiger partial charge in [-0.15, -0.1) is 0 Å². The molecule has 204 valence electrons. The van der Waals surface area contributed by atoms with Crippen LogP contribution in [-0.2, 0) is 15.9 Å². The summed E-state index contributed by atoms with van der Waals surface area (Å²) in [7, 11) is -4.20. The van der Waals surface area contributed by atoms with Crippen molar-refractivity contribution in [2.24, 2.45) is 0 Å². The predicted octanol–water partition coefficient (Wildman–Crippen LogP) is 5.42. The van der Waals surface area contributed by atoms with Gasteiger partial charge in [0.1, 0.15) is 17.5 Å².